The van der Waals surface area contributed by atoms with Crippen LogP contribution in [0.2, 0.25) is 0 Å². The average molecular weight is 339 g/mol. The maximum absolute atomic E-state index is 11.6. The van der Waals surface area contributed by atoms with Crippen molar-refractivity contribution in [2.24, 2.45) is 34.4 Å². The summed E-state index contributed by atoms with van der Waals surface area (Å²) in [5.74, 6) is 2.51. The molecule has 0 radical (unpaired) electrons. The van der Waals surface area contributed by atoms with Gasteiger partial charge in [0.25, 0.3) is 0 Å². The molecule has 0 aromatic heterocycles. The Bertz CT molecular complexity index is 423. The number of nitrogens with one attached hydrogen (secondary N) is 1. The first kappa shape index (κ1) is 21.1. The SMILES string of the molecule is CC(=O)C(C)CC(C)(C)C1CCC(C(C)CC(C)(C)NN=O)CC1. The minimum absolute atomic E-state index is 0.166. The molecule has 0 bridgehead atoms. The number of hydrogen-bond acceptors (Lipinski definition) is 3. The van der Waals surface area contributed by atoms with Crippen molar-refractivity contribution in [1.29, 1.82) is 0 Å². The van der Waals surface area contributed by atoms with Crippen LogP contribution in [0.5, 0.6) is 0 Å². The second kappa shape index (κ2) is 8.44. The third-order valence-corrected chi connectivity index (χ3v) is 6.39. The molecule has 1 rings (SSSR count). The number of ketones is 1. The molecule has 0 aliphatic heterocycles. The number of Topliss-reactive ketones (excluding diaryl/α,β-unsaturated/α-hetero) is 1. The minimum Gasteiger partial charge on any atom is -0.300 e. The fraction of sp³-hybridized carbons (Fsp3) is 0.950. The van der Waals surface area contributed by atoms with Crippen molar-refractivity contribution >= 4 is 5.78 Å². The summed E-state index contributed by atoms with van der Waals surface area (Å²) in [6, 6.07) is 0. The van der Waals surface area contributed by atoms with Crippen LogP contribution in [0.25, 0.3) is 0 Å². The van der Waals surface area contributed by atoms with Crippen molar-refractivity contribution in [1.82, 2.24) is 5.43 Å². The van der Waals surface area contributed by atoms with Gasteiger partial charge in [0.2, 0.25) is 0 Å². The minimum atomic E-state index is -0.228. The van der Waals surface area contributed by atoms with Gasteiger partial charge >= 0.3 is 0 Å². The van der Waals surface area contributed by atoms with Crippen molar-refractivity contribution < 1.29 is 4.79 Å². The van der Waals surface area contributed by atoms with Crippen molar-refractivity contribution in [3.8, 4) is 0 Å². The van der Waals surface area contributed by atoms with Gasteiger partial charge in [0.1, 0.15) is 5.78 Å². The van der Waals surface area contributed by atoms with E-state index in [0.29, 0.717) is 17.6 Å². The highest BCUT2D eigenvalue weighted by molar-refractivity contribution is 5.77. The smallest absolute Gasteiger partial charge is 0.132 e. The molecule has 0 aromatic rings. The fourth-order valence-electron chi connectivity index (χ4n) is 4.71. The molecule has 4 heteroatoms. The van der Waals surface area contributed by atoms with E-state index >= 15 is 0 Å². The van der Waals surface area contributed by atoms with Gasteiger partial charge in [-0.1, -0.05) is 27.7 Å². The number of rotatable bonds is 9. The third-order valence-electron chi connectivity index (χ3n) is 6.39. The first-order valence-corrected chi connectivity index (χ1v) is 9.58. The lowest BCUT2D eigenvalue weighted by Crippen LogP contribution is -2.39. The Morgan fingerprint density at radius 2 is 1.62 bits per heavy atom. The van der Waals surface area contributed by atoms with E-state index < -0.39 is 0 Å². The van der Waals surface area contributed by atoms with E-state index in [0.717, 1.165) is 18.8 Å². The van der Waals surface area contributed by atoms with Gasteiger partial charge in [-0.05, 0) is 82.5 Å². The monoisotopic (exact) mass is 338 g/mol. The molecular weight excluding hydrogens is 300 g/mol. The van der Waals surface area contributed by atoms with Crippen molar-refractivity contribution in [2.75, 3.05) is 0 Å². The summed E-state index contributed by atoms with van der Waals surface area (Å²) >= 11 is 0. The Labute approximate surface area is 148 Å². The molecule has 2 atom stereocenters. The first-order valence-electron chi connectivity index (χ1n) is 9.58. The Hall–Kier alpha value is -0.930. The average Bonchev–Trinajstić information content (AvgIpc) is 2.46. The number of carbonyl (C=O) groups is 1. The van der Waals surface area contributed by atoms with Crippen molar-refractivity contribution in [3.63, 3.8) is 0 Å². The van der Waals surface area contributed by atoms with Crippen LogP contribution in [-0.4, -0.2) is 11.3 Å². The molecule has 0 saturated heterocycles. The van der Waals surface area contributed by atoms with Crippen LogP contribution in [0.1, 0.15) is 87.0 Å². The predicted molar refractivity (Wildman–Crippen MR) is 100 cm³/mol. The van der Waals surface area contributed by atoms with Gasteiger partial charge < -0.3 is 0 Å². The van der Waals surface area contributed by atoms with Gasteiger partial charge in [0.05, 0.1) is 10.8 Å². The Morgan fingerprint density at radius 3 is 2.08 bits per heavy atom. The number of nitrogens with zero attached hydrogens (tertiary/aromatic N) is 1. The second-order valence-corrected chi connectivity index (χ2v) is 9.58. The lowest BCUT2D eigenvalue weighted by Gasteiger charge is -2.42. The van der Waals surface area contributed by atoms with Gasteiger partial charge in [-0.15, -0.1) is 4.91 Å². The molecule has 1 N–H and O–H groups in total. The van der Waals surface area contributed by atoms with E-state index in [1.54, 1.807) is 6.92 Å². The van der Waals surface area contributed by atoms with Crippen LogP contribution in [0.3, 0.4) is 0 Å². The summed E-state index contributed by atoms with van der Waals surface area (Å²) in [5, 5.41) is 2.86. The van der Waals surface area contributed by atoms with Crippen LogP contribution in [0.4, 0.5) is 0 Å². The maximum Gasteiger partial charge on any atom is 0.132 e. The zero-order chi connectivity index (χ0) is 18.5. The lowest BCUT2D eigenvalue weighted by molar-refractivity contribution is -0.121. The Morgan fingerprint density at radius 1 is 1.08 bits per heavy atom. The van der Waals surface area contributed by atoms with Gasteiger partial charge in [-0.25, -0.2) is 0 Å². The standard InChI is InChI=1S/C20H38N2O2/c1-14(16(3)23)12-19(4,5)18-10-8-17(9-11-18)15(2)13-20(6,7)21-22-24/h14-15,17-18H,8-13H2,1-7H3,(H,21,24). The molecule has 2 unspecified atom stereocenters. The molecule has 1 fully saturated rings. The first-order chi connectivity index (χ1) is 11.0. The van der Waals surface area contributed by atoms with E-state index in [4.69, 9.17) is 0 Å². The summed E-state index contributed by atoms with van der Waals surface area (Å²) < 4.78 is 0. The molecular formula is C20H38N2O2. The second-order valence-electron chi connectivity index (χ2n) is 9.58. The highest BCUT2D eigenvalue weighted by Crippen LogP contribution is 2.46. The largest absolute Gasteiger partial charge is 0.300 e. The molecule has 4 nitrogen and oxygen atoms in total. The van der Waals surface area contributed by atoms with Crippen LogP contribution >= 0.6 is 0 Å². The number of nitroso groups, excluding NO2 is 1. The summed E-state index contributed by atoms with van der Waals surface area (Å²) in [6.07, 6.45) is 7.00. The van der Waals surface area contributed by atoms with Gasteiger partial charge in [-0.3, -0.25) is 10.2 Å². The Balaban J connectivity index is 2.53. The van der Waals surface area contributed by atoms with Crippen LogP contribution < -0.4 is 5.43 Å². The zero-order valence-corrected chi connectivity index (χ0v) is 16.8. The molecule has 1 aliphatic rings. The van der Waals surface area contributed by atoms with Gasteiger partial charge in [0.15, 0.2) is 0 Å². The van der Waals surface area contributed by atoms with E-state index in [-0.39, 0.29) is 16.9 Å². The van der Waals surface area contributed by atoms with Crippen LogP contribution in [-0.2, 0) is 4.79 Å². The molecule has 0 spiro atoms. The van der Waals surface area contributed by atoms with E-state index in [2.05, 4.69) is 38.4 Å². The molecule has 0 amide bonds. The normalized spacial score (nSPS) is 25.0. The highest BCUT2D eigenvalue weighted by atomic mass is 16.3. The van der Waals surface area contributed by atoms with Crippen molar-refractivity contribution in [2.45, 2.75) is 92.5 Å². The number of hydrogen-bond donors (Lipinski definition) is 1. The summed E-state index contributed by atoms with van der Waals surface area (Å²) in [7, 11) is 0. The fourth-order valence-corrected chi connectivity index (χ4v) is 4.71. The molecule has 1 aliphatic carbocycles. The summed E-state index contributed by atoms with van der Waals surface area (Å²) in [6.45, 7) is 14.8. The predicted octanol–water partition coefficient (Wildman–Crippen LogP) is 5.51. The summed E-state index contributed by atoms with van der Waals surface area (Å²) in [5.41, 5.74) is 2.70. The maximum atomic E-state index is 11.6. The van der Waals surface area contributed by atoms with Gasteiger partial charge in [-0.2, -0.15) is 0 Å². The molecule has 0 heterocycles. The highest BCUT2D eigenvalue weighted by Gasteiger charge is 2.36. The third kappa shape index (κ3) is 6.18. The van der Waals surface area contributed by atoms with E-state index in [9.17, 15) is 9.70 Å². The summed E-state index contributed by atoms with van der Waals surface area (Å²) in [4.78, 5) is 22.1. The zero-order valence-electron chi connectivity index (χ0n) is 16.8. The van der Waals surface area contributed by atoms with E-state index in [1.807, 2.05) is 13.8 Å². The molecule has 1 saturated carbocycles. The van der Waals surface area contributed by atoms with Crippen LogP contribution in [0, 0.1) is 34.0 Å². The van der Waals surface area contributed by atoms with Crippen LogP contribution in [0.15, 0.2) is 5.29 Å². The van der Waals surface area contributed by atoms with Gasteiger partial charge in [0, 0.05) is 5.92 Å². The number of carbonyl (C=O) groups excluding carboxylic acids is 1. The molecule has 140 valence electrons. The quantitative estimate of drug-likeness (QED) is 0.445. The topological polar surface area (TPSA) is 58.5 Å². The van der Waals surface area contributed by atoms with Crippen molar-refractivity contribution in [3.05, 3.63) is 4.91 Å². The lowest BCUT2D eigenvalue weighted by atomic mass is 9.63. The molecule has 24 heavy (non-hydrogen) atoms. The Kier molecular flexibility index (Phi) is 7.43. The van der Waals surface area contributed by atoms with E-state index in [1.165, 1.54) is 25.7 Å². The molecule has 0 aromatic carbocycles.